The Labute approximate surface area is 91.6 Å². The van der Waals surface area contributed by atoms with Gasteiger partial charge in [0.25, 0.3) is 5.88 Å². The van der Waals surface area contributed by atoms with E-state index in [-0.39, 0.29) is 22.9 Å². The van der Waals surface area contributed by atoms with Crippen molar-refractivity contribution in [1.29, 1.82) is 5.26 Å². The second-order valence-corrected chi connectivity index (χ2v) is 2.93. The number of para-hydroxylation sites is 2. The standard InChI is InChI=1S/C11H7N3O2/c12-7-8-5-6-13-14-11(8)16-10-4-2-1-3-9(10)15/h1-6,15H. The summed E-state index contributed by atoms with van der Waals surface area (Å²) >= 11 is 0. The van der Waals surface area contributed by atoms with Crippen molar-refractivity contribution in [3.8, 4) is 23.4 Å². The summed E-state index contributed by atoms with van der Waals surface area (Å²) in [6.45, 7) is 0. The summed E-state index contributed by atoms with van der Waals surface area (Å²) in [5.74, 6) is 0.294. The summed E-state index contributed by atoms with van der Waals surface area (Å²) in [6, 6.07) is 9.85. The molecule has 2 aromatic rings. The number of nitrogens with zero attached hydrogens (tertiary/aromatic N) is 3. The van der Waals surface area contributed by atoms with Gasteiger partial charge in [0.1, 0.15) is 11.6 Å². The maximum absolute atomic E-state index is 9.48. The molecule has 5 nitrogen and oxygen atoms in total. The van der Waals surface area contributed by atoms with Crippen LogP contribution in [-0.2, 0) is 0 Å². The van der Waals surface area contributed by atoms with E-state index in [1.165, 1.54) is 18.3 Å². The van der Waals surface area contributed by atoms with E-state index in [4.69, 9.17) is 10.00 Å². The monoisotopic (exact) mass is 213 g/mol. The first-order valence-corrected chi connectivity index (χ1v) is 4.49. The molecule has 2 rings (SSSR count). The van der Waals surface area contributed by atoms with Crippen LogP contribution in [0.4, 0.5) is 0 Å². The molecule has 0 atom stereocenters. The first kappa shape index (κ1) is 9.93. The lowest BCUT2D eigenvalue weighted by Crippen LogP contribution is -1.93. The molecular formula is C11H7N3O2. The van der Waals surface area contributed by atoms with Crippen LogP contribution in [0.25, 0.3) is 0 Å². The minimum Gasteiger partial charge on any atom is -0.504 e. The third-order valence-corrected chi connectivity index (χ3v) is 1.88. The number of aromatic nitrogens is 2. The Hall–Kier alpha value is -2.61. The molecule has 0 radical (unpaired) electrons. The quantitative estimate of drug-likeness (QED) is 0.823. The van der Waals surface area contributed by atoms with E-state index in [1.807, 2.05) is 6.07 Å². The van der Waals surface area contributed by atoms with Gasteiger partial charge in [-0.05, 0) is 18.2 Å². The highest BCUT2D eigenvalue weighted by atomic mass is 16.5. The maximum Gasteiger partial charge on any atom is 0.257 e. The number of ether oxygens (including phenoxy) is 1. The summed E-state index contributed by atoms with van der Waals surface area (Å²) in [4.78, 5) is 0. The third-order valence-electron chi connectivity index (χ3n) is 1.88. The lowest BCUT2D eigenvalue weighted by molar-refractivity contribution is 0.398. The van der Waals surface area contributed by atoms with Crippen molar-refractivity contribution in [3.63, 3.8) is 0 Å². The zero-order valence-electron chi connectivity index (χ0n) is 8.16. The molecule has 0 bridgehead atoms. The van der Waals surface area contributed by atoms with Crippen molar-refractivity contribution in [2.75, 3.05) is 0 Å². The topological polar surface area (TPSA) is 79.0 Å². The molecule has 78 valence electrons. The Morgan fingerprint density at radius 3 is 2.81 bits per heavy atom. The summed E-state index contributed by atoms with van der Waals surface area (Å²) in [7, 11) is 0. The summed E-state index contributed by atoms with van der Waals surface area (Å²) in [5.41, 5.74) is 0.262. The van der Waals surface area contributed by atoms with E-state index in [1.54, 1.807) is 18.2 Å². The second kappa shape index (κ2) is 4.28. The van der Waals surface area contributed by atoms with Gasteiger partial charge in [-0.3, -0.25) is 0 Å². The van der Waals surface area contributed by atoms with E-state index in [0.717, 1.165) is 0 Å². The van der Waals surface area contributed by atoms with Crippen molar-refractivity contribution >= 4 is 0 Å². The normalized spacial score (nSPS) is 9.44. The third kappa shape index (κ3) is 1.91. The molecular weight excluding hydrogens is 206 g/mol. The molecule has 0 saturated carbocycles. The molecule has 0 saturated heterocycles. The molecule has 1 aromatic carbocycles. The zero-order chi connectivity index (χ0) is 11.4. The summed E-state index contributed by atoms with van der Waals surface area (Å²) in [5, 5.41) is 25.6. The number of phenolic OH excluding ortho intramolecular Hbond substituents is 1. The fraction of sp³-hybridized carbons (Fsp3) is 0. The number of hydrogen-bond donors (Lipinski definition) is 1. The van der Waals surface area contributed by atoms with Gasteiger partial charge in [-0.2, -0.15) is 10.4 Å². The number of benzene rings is 1. The van der Waals surface area contributed by atoms with Gasteiger partial charge in [-0.25, -0.2) is 0 Å². The Morgan fingerprint density at radius 1 is 1.25 bits per heavy atom. The number of hydrogen-bond acceptors (Lipinski definition) is 5. The van der Waals surface area contributed by atoms with Gasteiger partial charge in [0.2, 0.25) is 0 Å². The zero-order valence-corrected chi connectivity index (χ0v) is 8.16. The first-order chi connectivity index (χ1) is 7.81. The molecule has 0 aliphatic carbocycles. The predicted molar refractivity (Wildman–Crippen MR) is 54.9 cm³/mol. The van der Waals surface area contributed by atoms with Crippen molar-refractivity contribution in [1.82, 2.24) is 10.2 Å². The highest BCUT2D eigenvalue weighted by molar-refractivity contribution is 5.43. The van der Waals surface area contributed by atoms with Crippen LogP contribution in [0.5, 0.6) is 17.4 Å². The van der Waals surface area contributed by atoms with Crippen molar-refractivity contribution in [3.05, 3.63) is 42.1 Å². The largest absolute Gasteiger partial charge is 0.504 e. The van der Waals surface area contributed by atoms with Crippen molar-refractivity contribution in [2.45, 2.75) is 0 Å². The number of nitriles is 1. The van der Waals surface area contributed by atoms with Crippen LogP contribution in [0.2, 0.25) is 0 Å². The lowest BCUT2D eigenvalue weighted by atomic mass is 10.3. The Bertz CT molecular complexity index is 549. The van der Waals surface area contributed by atoms with E-state index >= 15 is 0 Å². The van der Waals surface area contributed by atoms with Crippen LogP contribution in [-0.4, -0.2) is 15.3 Å². The Kier molecular flexibility index (Phi) is 2.65. The lowest BCUT2D eigenvalue weighted by Gasteiger charge is -2.06. The molecule has 1 aromatic heterocycles. The number of aromatic hydroxyl groups is 1. The van der Waals surface area contributed by atoms with Gasteiger partial charge in [0.05, 0.1) is 6.20 Å². The molecule has 0 amide bonds. The van der Waals surface area contributed by atoms with E-state index in [2.05, 4.69) is 10.2 Å². The van der Waals surface area contributed by atoms with Crippen LogP contribution >= 0.6 is 0 Å². The van der Waals surface area contributed by atoms with E-state index in [0.29, 0.717) is 0 Å². The fourth-order valence-corrected chi connectivity index (χ4v) is 1.13. The van der Waals surface area contributed by atoms with Gasteiger partial charge >= 0.3 is 0 Å². The molecule has 1 N–H and O–H groups in total. The number of phenols is 1. The predicted octanol–water partition coefficient (Wildman–Crippen LogP) is 1.85. The van der Waals surface area contributed by atoms with E-state index in [9.17, 15) is 5.11 Å². The smallest absolute Gasteiger partial charge is 0.257 e. The SMILES string of the molecule is N#Cc1ccnnc1Oc1ccccc1O. The molecule has 5 heteroatoms. The first-order valence-electron chi connectivity index (χ1n) is 4.49. The van der Waals surface area contributed by atoms with Gasteiger partial charge < -0.3 is 9.84 Å². The molecule has 0 aliphatic heterocycles. The van der Waals surface area contributed by atoms with E-state index < -0.39 is 0 Å². The summed E-state index contributed by atoms with van der Waals surface area (Å²) < 4.78 is 5.29. The minimum absolute atomic E-state index is 0.0166. The van der Waals surface area contributed by atoms with Gasteiger partial charge in [0.15, 0.2) is 11.5 Å². The highest BCUT2D eigenvalue weighted by Crippen LogP contribution is 2.29. The maximum atomic E-state index is 9.48. The molecule has 1 heterocycles. The number of rotatable bonds is 2. The Balaban J connectivity index is 2.35. The fourth-order valence-electron chi connectivity index (χ4n) is 1.13. The van der Waals surface area contributed by atoms with Crippen molar-refractivity contribution in [2.24, 2.45) is 0 Å². The molecule has 0 fully saturated rings. The van der Waals surface area contributed by atoms with Gasteiger partial charge in [-0.15, -0.1) is 5.10 Å². The van der Waals surface area contributed by atoms with Crippen LogP contribution in [0.15, 0.2) is 36.5 Å². The van der Waals surface area contributed by atoms with Crippen LogP contribution in [0, 0.1) is 11.3 Å². The molecule has 0 unspecified atom stereocenters. The molecule has 0 spiro atoms. The summed E-state index contributed by atoms with van der Waals surface area (Å²) in [6.07, 6.45) is 1.40. The highest BCUT2D eigenvalue weighted by Gasteiger charge is 2.08. The van der Waals surface area contributed by atoms with Gasteiger partial charge in [0, 0.05) is 0 Å². The Morgan fingerprint density at radius 2 is 2.06 bits per heavy atom. The molecule has 16 heavy (non-hydrogen) atoms. The van der Waals surface area contributed by atoms with Crippen LogP contribution in [0.1, 0.15) is 5.56 Å². The van der Waals surface area contributed by atoms with Crippen molar-refractivity contribution < 1.29 is 9.84 Å². The second-order valence-electron chi connectivity index (χ2n) is 2.93. The van der Waals surface area contributed by atoms with Crippen LogP contribution < -0.4 is 4.74 Å². The van der Waals surface area contributed by atoms with Crippen LogP contribution in [0.3, 0.4) is 0 Å². The average Bonchev–Trinajstić information content (AvgIpc) is 2.33. The minimum atomic E-state index is -0.0166. The van der Waals surface area contributed by atoms with Gasteiger partial charge in [-0.1, -0.05) is 12.1 Å². The average molecular weight is 213 g/mol. The molecule has 0 aliphatic rings.